The molecular weight excluding hydrogens is 362 g/mol. The highest BCUT2D eigenvalue weighted by Gasteiger charge is 2.23. The van der Waals surface area contributed by atoms with Crippen molar-refractivity contribution in [2.45, 2.75) is 6.42 Å². The van der Waals surface area contributed by atoms with E-state index in [-0.39, 0.29) is 6.61 Å². The van der Waals surface area contributed by atoms with E-state index in [0.29, 0.717) is 30.4 Å². The number of benzene rings is 2. The van der Waals surface area contributed by atoms with Crippen molar-refractivity contribution in [2.75, 3.05) is 31.7 Å². The van der Waals surface area contributed by atoms with Crippen LogP contribution in [0.25, 0.3) is 22.6 Å². The van der Waals surface area contributed by atoms with Crippen LogP contribution in [0.3, 0.4) is 0 Å². The van der Waals surface area contributed by atoms with Crippen molar-refractivity contribution in [1.82, 2.24) is 9.97 Å². The van der Waals surface area contributed by atoms with Gasteiger partial charge in [0.05, 0.1) is 18.9 Å². The fourth-order valence-electron chi connectivity index (χ4n) is 3.28. The Labute approximate surface area is 163 Å². The Hall–Kier alpha value is -2.63. The predicted molar refractivity (Wildman–Crippen MR) is 107 cm³/mol. The first-order valence-corrected chi connectivity index (χ1v) is 9.26. The minimum Gasteiger partial charge on any atom is -0.493 e. The van der Waals surface area contributed by atoms with Crippen LogP contribution in [-0.4, -0.2) is 41.9 Å². The Kier molecular flexibility index (Phi) is 4.97. The van der Waals surface area contributed by atoms with Crippen molar-refractivity contribution in [3.63, 3.8) is 0 Å². The number of aromatic nitrogens is 2. The zero-order valence-corrected chi connectivity index (χ0v) is 15.8. The zero-order chi connectivity index (χ0) is 18.8. The molecule has 0 amide bonds. The van der Waals surface area contributed by atoms with E-state index in [0.717, 1.165) is 34.0 Å². The lowest BCUT2D eigenvalue weighted by atomic mass is 10.0. The molecule has 0 saturated heterocycles. The fourth-order valence-corrected chi connectivity index (χ4v) is 3.40. The van der Waals surface area contributed by atoms with Crippen molar-refractivity contribution in [1.29, 1.82) is 0 Å². The molecule has 0 atom stereocenters. The molecule has 6 heteroatoms. The van der Waals surface area contributed by atoms with Gasteiger partial charge in [-0.05, 0) is 36.4 Å². The van der Waals surface area contributed by atoms with Crippen molar-refractivity contribution < 1.29 is 9.84 Å². The van der Waals surface area contributed by atoms with E-state index in [9.17, 15) is 5.11 Å². The zero-order valence-electron chi connectivity index (χ0n) is 15.0. The van der Waals surface area contributed by atoms with Crippen LogP contribution in [0, 0.1) is 0 Å². The molecule has 0 spiro atoms. The van der Waals surface area contributed by atoms with E-state index < -0.39 is 0 Å². The highest BCUT2D eigenvalue weighted by Crippen LogP contribution is 2.38. The maximum atomic E-state index is 9.41. The van der Waals surface area contributed by atoms with Crippen LogP contribution in [0.15, 0.2) is 48.5 Å². The number of fused-ring (bicyclic) bond motifs is 3. The number of aliphatic hydroxyl groups excluding tert-OH is 1. The topological polar surface area (TPSA) is 58.5 Å². The molecule has 2 heterocycles. The number of aliphatic hydroxyl groups is 1. The number of hydrogen-bond acceptors (Lipinski definition) is 5. The van der Waals surface area contributed by atoms with Crippen LogP contribution in [0.4, 0.5) is 5.82 Å². The number of rotatable bonds is 4. The standard InChI is InChI=1S/C21H20ClN3O2/c1-25(11-12-26)21-17-10-13-27-18-5-3-2-4-16(18)19(17)23-20(24-21)14-6-8-15(22)9-7-14/h2-9,26H,10-13H2,1H3. The van der Waals surface area contributed by atoms with Crippen LogP contribution < -0.4 is 9.64 Å². The maximum absolute atomic E-state index is 9.41. The molecule has 0 aliphatic carbocycles. The molecular formula is C21H20ClN3O2. The van der Waals surface area contributed by atoms with Gasteiger partial charge in [0.2, 0.25) is 0 Å². The maximum Gasteiger partial charge on any atom is 0.162 e. The van der Waals surface area contributed by atoms with Gasteiger partial charge in [0.25, 0.3) is 0 Å². The quantitative estimate of drug-likeness (QED) is 0.744. The third kappa shape index (κ3) is 3.48. The lowest BCUT2D eigenvalue weighted by molar-refractivity contribution is 0.303. The first kappa shape index (κ1) is 17.8. The van der Waals surface area contributed by atoms with Gasteiger partial charge >= 0.3 is 0 Å². The molecule has 4 rings (SSSR count). The van der Waals surface area contributed by atoms with Crippen molar-refractivity contribution in [3.05, 3.63) is 59.1 Å². The van der Waals surface area contributed by atoms with Gasteiger partial charge in [0, 0.05) is 41.7 Å². The second-order valence-electron chi connectivity index (χ2n) is 6.44. The van der Waals surface area contributed by atoms with Gasteiger partial charge in [-0.25, -0.2) is 9.97 Å². The molecule has 1 aliphatic rings. The molecule has 138 valence electrons. The Morgan fingerprint density at radius 1 is 1.11 bits per heavy atom. The van der Waals surface area contributed by atoms with Gasteiger partial charge in [-0.1, -0.05) is 23.7 Å². The summed E-state index contributed by atoms with van der Waals surface area (Å²) in [5.41, 5.74) is 3.77. The summed E-state index contributed by atoms with van der Waals surface area (Å²) in [6.45, 7) is 1.11. The molecule has 0 saturated carbocycles. The van der Waals surface area contributed by atoms with Crippen LogP contribution in [0.2, 0.25) is 5.02 Å². The Morgan fingerprint density at radius 3 is 2.67 bits per heavy atom. The van der Waals surface area contributed by atoms with E-state index in [4.69, 9.17) is 26.3 Å². The molecule has 0 unspecified atom stereocenters. The number of para-hydroxylation sites is 1. The molecule has 0 bridgehead atoms. The van der Waals surface area contributed by atoms with Crippen molar-refractivity contribution in [3.8, 4) is 28.4 Å². The third-order valence-electron chi connectivity index (χ3n) is 4.64. The van der Waals surface area contributed by atoms with E-state index in [1.807, 2.05) is 60.5 Å². The number of likely N-dealkylation sites (N-methyl/N-ethyl adjacent to an activating group) is 1. The largest absolute Gasteiger partial charge is 0.493 e. The summed E-state index contributed by atoms with van der Waals surface area (Å²) < 4.78 is 5.93. The number of halogens is 1. The molecule has 1 N–H and O–H groups in total. The number of hydrogen-bond donors (Lipinski definition) is 1. The molecule has 1 aromatic heterocycles. The molecule has 3 aromatic rings. The minimum atomic E-state index is 0.0542. The number of anilines is 1. The number of nitrogens with zero attached hydrogens (tertiary/aromatic N) is 3. The van der Waals surface area contributed by atoms with Crippen LogP contribution in [-0.2, 0) is 6.42 Å². The summed E-state index contributed by atoms with van der Waals surface area (Å²) >= 11 is 6.03. The lowest BCUT2D eigenvalue weighted by Gasteiger charge is -2.22. The summed E-state index contributed by atoms with van der Waals surface area (Å²) in [5.74, 6) is 2.27. The van der Waals surface area contributed by atoms with E-state index in [1.165, 1.54) is 0 Å². The average Bonchev–Trinajstić information content (AvgIpc) is 2.87. The van der Waals surface area contributed by atoms with Gasteiger partial charge in [-0.15, -0.1) is 0 Å². The van der Waals surface area contributed by atoms with Crippen LogP contribution >= 0.6 is 11.6 Å². The Morgan fingerprint density at radius 2 is 1.89 bits per heavy atom. The number of ether oxygens (including phenoxy) is 1. The smallest absolute Gasteiger partial charge is 0.162 e. The van der Waals surface area contributed by atoms with Gasteiger partial charge < -0.3 is 14.7 Å². The Bertz CT molecular complexity index is 960. The van der Waals surface area contributed by atoms with Crippen molar-refractivity contribution >= 4 is 17.4 Å². The predicted octanol–water partition coefficient (Wildman–Crippen LogP) is 3.83. The van der Waals surface area contributed by atoms with Gasteiger partial charge in [0.15, 0.2) is 5.82 Å². The third-order valence-corrected chi connectivity index (χ3v) is 4.89. The van der Waals surface area contributed by atoms with Crippen LogP contribution in [0.5, 0.6) is 5.75 Å². The normalized spacial score (nSPS) is 12.6. The van der Waals surface area contributed by atoms with E-state index in [2.05, 4.69) is 0 Å². The SMILES string of the molecule is CN(CCO)c1nc(-c2ccc(Cl)cc2)nc2c1CCOc1ccccc1-2. The second kappa shape index (κ2) is 7.55. The Balaban J connectivity index is 1.95. The van der Waals surface area contributed by atoms with E-state index in [1.54, 1.807) is 0 Å². The lowest BCUT2D eigenvalue weighted by Crippen LogP contribution is -2.24. The van der Waals surface area contributed by atoms with Crippen LogP contribution in [0.1, 0.15) is 5.56 Å². The summed E-state index contributed by atoms with van der Waals surface area (Å²) in [7, 11) is 1.93. The highest BCUT2D eigenvalue weighted by molar-refractivity contribution is 6.30. The monoisotopic (exact) mass is 381 g/mol. The molecule has 27 heavy (non-hydrogen) atoms. The molecule has 5 nitrogen and oxygen atoms in total. The van der Waals surface area contributed by atoms with E-state index >= 15 is 0 Å². The first-order chi connectivity index (χ1) is 13.2. The molecule has 0 radical (unpaired) electrons. The average molecular weight is 382 g/mol. The summed E-state index contributed by atoms with van der Waals surface area (Å²) in [6, 6.07) is 15.4. The minimum absolute atomic E-state index is 0.0542. The fraction of sp³-hybridized carbons (Fsp3) is 0.238. The molecule has 1 aliphatic heterocycles. The summed E-state index contributed by atoms with van der Waals surface area (Å²) in [5, 5.41) is 10.1. The van der Waals surface area contributed by atoms with Gasteiger partial charge in [0.1, 0.15) is 11.6 Å². The van der Waals surface area contributed by atoms with Crippen molar-refractivity contribution in [2.24, 2.45) is 0 Å². The summed E-state index contributed by atoms with van der Waals surface area (Å²) in [4.78, 5) is 11.7. The summed E-state index contributed by atoms with van der Waals surface area (Å²) in [6.07, 6.45) is 0.704. The molecule has 2 aromatic carbocycles. The second-order valence-corrected chi connectivity index (χ2v) is 6.88. The van der Waals surface area contributed by atoms with Gasteiger partial charge in [-0.2, -0.15) is 0 Å². The van der Waals surface area contributed by atoms with Gasteiger partial charge in [-0.3, -0.25) is 0 Å². The molecule has 0 fully saturated rings. The highest BCUT2D eigenvalue weighted by atomic mass is 35.5. The first-order valence-electron chi connectivity index (χ1n) is 8.88.